The first-order valence-corrected chi connectivity index (χ1v) is 12.0. The van der Waals surface area contributed by atoms with Crippen LogP contribution in [0.3, 0.4) is 0 Å². The summed E-state index contributed by atoms with van der Waals surface area (Å²) in [6.45, 7) is 3.92. The molecule has 29 heavy (non-hydrogen) atoms. The molecule has 1 heterocycles. The number of carbonyl (C=O) groups is 1. The lowest BCUT2D eigenvalue weighted by molar-refractivity contribution is -0.0503. The van der Waals surface area contributed by atoms with Gasteiger partial charge in [-0.05, 0) is 105 Å². The maximum absolute atomic E-state index is 13.0. The van der Waals surface area contributed by atoms with Crippen LogP contribution in [-0.2, 0) is 6.42 Å². The minimum absolute atomic E-state index is 0.000507. The third kappa shape index (κ3) is 4.35. The largest absolute Gasteiger partial charge is 0.351 e. The first-order valence-electron chi connectivity index (χ1n) is 11.6. The number of benzene rings is 1. The first kappa shape index (κ1) is 19.8. The first-order chi connectivity index (χ1) is 14.1. The van der Waals surface area contributed by atoms with E-state index in [1.807, 2.05) is 18.2 Å². The molecule has 4 bridgehead atoms. The molecule has 158 valence electrons. The fourth-order valence-electron chi connectivity index (χ4n) is 7.02. The highest BCUT2D eigenvalue weighted by molar-refractivity contribution is 6.33. The smallest absolute Gasteiger partial charge is 0.252 e. The van der Waals surface area contributed by atoms with E-state index < -0.39 is 0 Å². The Morgan fingerprint density at radius 3 is 2.52 bits per heavy atom. The van der Waals surface area contributed by atoms with Crippen molar-refractivity contribution in [2.24, 2.45) is 23.2 Å². The van der Waals surface area contributed by atoms with Gasteiger partial charge < -0.3 is 16.0 Å². The van der Waals surface area contributed by atoms with Crippen LogP contribution in [0.15, 0.2) is 18.2 Å². The van der Waals surface area contributed by atoms with Gasteiger partial charge >= 0.3 is 0 Å². The summed E-state index contributed by atoms with van der Waals surface area (Å²) in [5.74, 6) is 2.73. The van der Waals surface area contributed by atoms with E-state index in [1.165, 1.54) is 50.5 Å². The van der Waals surface area contributed by atoms with Gasteiger partial charge in [-0.2, -0.15) is 0 Å². The molecule has 4 aliphatic carbocycles. The number of amides is 1. The van der Waals surface area contributed by atoms with Crippen molar-refractivity contribution >= 4 is 17.5 Å². The minimum atomic E-state index is 0.000507. The van der Waals surface area contributed by atoms with E-state index in [-0.39, 0.29) is 5.91 Å². The number of hydrogen-bond acceptors (Lipinski definition) is 3. The summed E-state index contributed by atoms with van der Waals surface area (Å²) >= 11 is 6.40. The van der Waals surface area contributed by atoms with Crippen LogP contribution in [0.4, 0.5) is 0 Å². The Morgan fingerprint density at radius 2 is 1.86 bits per heavy atom. The van der Waals surface area contributed by atoms with Gasteiger partial charge in [-0.25, -0.2) is 0 Å². The normalized spacial score (nSPS) is 35.2. The van der Waals surface area contributed by atoms with Crippen LogP contribution >= 0.6 is 11.6 Å². The lowest BCUT2D eigenvalue weighted by Gasteiger charge is -2.56. The molecular formula is C24H34ClN3O. The summed E-state index contributed by atoms with van der Waals surface area (Å²) in [6, 6.07) is 6.50. The van der Waals surface area contributed by atoms with E-state index >= 15 is 0 Å². The summed E-state index contributed by atoms with van der Waals surface area (Å²) < 4.78 is 0. The second-order valence-electron chi connectivity index (χ2n) is 10.3. The molecule has 1 unspecified atom stereocenters. The lowest BCUT2D eigenvalue weighted by Crippen LogP contribution is -2.51. The van der Waals surface area contributed by atoms with Gasteiger partial charge in [0.05, 0.1) is 10.6 Å². The Bertz CT molecular complexity index is 723. The second-order valence-corrected chi connectivity index (χ2v) is 10.7. The van der Waals surface area contributed by atoms with E-state index in [9.17, 15) is 4.79 Å². The summed E-state index contributed by atoms with van der Waals surface area (Å²) in [7, 11) is 0. The molecule has 5 fully saturated rings. The van der Waals surface area contributed by atoms with Crippen LogP contribution in [-0.4, -0.2) is 38.1 Å². The zero-order valence-corrected chi connectivity index (χ0v) is 18.1. The molecule has 0 radical (unpaired) electrons. The Labute approximate surface area is 179 Å². The van der Waals surface area contributed by atoms with Crippen LogP contribution in [0.1, 0.15) is 60.9 Å². The fraction of sp³-hybridized carbons (Fsp3) is 0.708. The van der Waals surface area contributed by atoms with Gasteiger partial charge in [-0.1, -0.05) is 17.7 Å². The standard InChI is InChI=1S/C24H34ClN3O/c25-22-2-1-16(3-6-27-20-4-5-26-14-20)10-21(22)23(29)28-15-24-11-17-7-18(12-24)9-19(8-17)13-24/h1-2,10,17-20,26-27H,3-9,11-15H2,(H,28,29). The molecular weight excluding hydrogens is 382 g/mol. The van der Waals surface area contributed by atoms with Gasteiger partial charge in [0.25, 0.3) is 5.91 Å². The van der Waals surface area contributed by atoms with Crippen molar-refractivity contribution in [3.8, 4) is 0 Å². The number of halogens is 1. The lowest BCUT2D eigenvalue weighted by atomic mass is 9.49. The summed E-state index contributed by atoms with van der Waals surface area (Å²) in [6.07, 6.45) is 10.4. The second kappa shape index (κ2) is 8.20. The summed E-state index contributed by atoms with van der Waals surface area (Å²) in [5.41, 5.74) is 2.16. The maximum atomic E-state index is 13.0. The quantitative estimate of drug-likeness (QED) is 0.635. The molecule has 1 amide bonds. The predicted octanol–water partition coefficient (Wildman–Crippen LogP) is 3.78. The Kier molecular flexibility index (Phi) is 5.61. The van der Waals surface area contributed by atoms with Gasteiger partial charge in [-0.3, -0.25) is 4.79 Å². The van der Waals surface area contributed by atoms with Crippen molar-refractivity contribution in [2.45, 2.75) is 57.4 Å². The average Bonchev–Trinajstić information content (AvgIpc) is 3.20. The van der Waals surface area contributed by atoms with Crippen LogP contribution in [0.5, 0.6) is 0 Å². The average molecular weight is 416 g/mol. The van der Waals surface area contributed by atoms with Gasteiger partial charge in [0.15, 0.2) is 0 Å². The van der Waals surface area contributed by atoms with Crippen molar-refractivity contribution in [2.75, 3.05) is 26.2 Å². The molecule has 4 saturated carbocycles. The van der Waals surface area contributed by atoms with Crippen molar-refractivity contribution in [3.05, 3.63) is 34.3 Å². The van der Waals surface area contributed by atoms with Crippen molar-refractivity contribution in [3.63, 3.8) is 0 Å². The molecule has 1 saturated heterocycles. The van der Waals surface area contributed by atoms with E-state index in [1.54, 1.807) is 0 Å². The third-order valence-electron chi connectivity index (χ3n) is 7.97. The van der Waals surface area contributed by atoms with Crippen LogP contribution in [0.25, 0.3) is 0 Å². The predicted molar refractivity (Wildman–Crippen MR) is 117 cm³/mol. The highest BCUT2D eigenvalue weighted by Crippen LogP contribution is 2.59. The highest BCUT2D eigenvalue weighted by atomic mass is 35.5. The molecule has 1 aromatic rings. The van der Waals surface area contributed by atoms with E-state index in [2.05, 4.69) is 16.0 Å². The number of carbonyl (C=O) groups excluding carboxylic acids is 1. The van der Waals surface area contributed by atoms with E-state index in [4.69, 9.17) is 11.6 Å². The number of hydrogen-bond donors (Lipinski definition) is 3. The van der Waals surface area contributed by atoms with Gasteiger partial charge in [-0.15, -0.1) is 0 Å². The monoisotopic (exact) mass is 415 g/mol. The molecule has 3 N–H and O–H groups in total. The molecule has 4 nitrogen and oxygen atoms in total. The zero-order valence-electron chi connectivity index (χ0n) is 17.3. The van der Waals surface area contributed by atoms with E-state index in [0.29, 0.717) is 22.0 Å². The van der Waals surface area contributed by atoms with Crippen molar-refractivity contribution < 1.29 is 4.79 Å². The highest BCUT2D eigenvalue weighted by Gasteiger charge is 2.50. The fourth-order valence-corrected chi connectivity index (χ4v) is 7.22. The maximum Gasteiger partial charge on any atom is 0.252 e. The molecule has 0 aromatic heterocycles. The molecule has 1 aliphatic heterocycles. The molecule has 1 atom stereocenters. The Balaban J connectivity index is 1.18. The Hall–Kier alpha value is -1.10. The molecule has 5 heteroatoms. The number of nitrogens with one attached hydrogen (secondary N) is 3. The minimum Gasteiger partial charge on any atom is -0.351 e. The summed E-state index contributed by atoms with van der Waals surface area (Å²) in [5, 5.41) is 10.8. The van der Waals surface area contributed by atoms with Crippen molar-refractivity contribution in [1.29, 1.82) is 0 Å². The number of rotatable bonds is 7. The molecule has 5 aliphatic rings. The van der Waals surface area contributed by atoms with Gasteiger partial charge in [0, 0.05) is 19.1 Å². The zero-order chi connectivity index (χ0) is 19.8. The SMILES string of the molecule is O=C(NCC12CC3CC(CC(C3)C1)C2)c1cc(CCNC2CCNC2)ccc1Cl. The molecule has 6 rings (SSSR count). The van der Waals surface area contributed by atoms with Crippen LogP contribution in [0, 0.1) is 23.2 Å². The third-order valence-corrected chi connectivity index (χ3v) is 8.30. The van der Waals surface area contributed by atoms with Gasteiger partial charge in [0.2, 0.25) is 0 Å². The van der Waals surface area contributed by atoms with Gasteiger partial charge in [0.1, 0.15) is 0 Å². The van der Waals surface area contributed by atoms with Crippen LogP contribution < -0.4 is 16.0 Å². The van der Waals surface area contributed by atoms with Crippen molar-refractivity contribution in [1.82, 2.24) is 16.0 Å². The van der Waals surface area contributed by atoms with E-state index in [0.717, 1.165) is 50.4 Å². The summed E-state index contributed by atoms with van der Waals surface area (Å²) in [4.78, 5) is 13.0. The topological polar surface area (TPSA) is 53.2 Å². The molecule has 0 spiro atoms. The Morgan fingerprint density at radius 1 is 1.14 bits per heavy atom. The van der Waals surface area contributed by atoms with Crippen LogP contribution in [0.2, 0.25) is 5.02 Å². The molecule has 1 aromatic carbocycles.